The molecule has 17 heavy (non-hydrogen) atoms. The monoisotopic (exact) mass is 246 g/mol. The van der Waals surface area contributed by atoms with E-state index in [0.717, 1.165) is 18.5 Å². The smallest absolute Gasteiger partial charge is 0.180 e. The molecule has 0 spiro atoms. The van der Waals surface area contributed by atoms with Gasteiger partial charge in [0.15, 0.2) is 5.13 Å². The molecular weight excluding hydrogens is 228 g/mol. The molecule has 0 unspecified atom stereocenters. The van der Waals surface area contributed by atoms with Gasteiger partial charge in [0.2, 0.25) is 0 Å². The molecule has 1 aromatic heterocycles. The zero-order chi connectivity index (χ0) is 12.4. The van der Waals surface area contributed by atoms with Crippen molar-refractivity contribution < 1.29 is 0 Å². The fraction of sp³-hybridized carbons (Fsp3) is 0.357. The lowest BCUT2D eigenvalue weighted by Crippen LogP contribution is -1.94. The Morgan fingerprint density at radius 3 is 2.76 bits per heavy atom. The highest BCUT2D eigenvalue weighted by Gasteiger charge is 2.10. The van der Waals surface area contributed by atoms with Gasteiger partial charge < -0.3 is 5.73 Å². The maximum absolute atomic E-state index is 5.78. The SMILES string of the molecule is CCc1nc(N)sc1Cc1cc(C)ccc1C. The first-order valence-corrected chi connectivity index (χ1v) is 6.72. The van der Waals surface area contributed by atoms with E-state index in [0.29, 0.717) is 5.13 Å². The molecule has 0 aliphatic heterocycles. The summed E-state index contributed by atoms with van der Waals surface area (Å²) in [5.74, 6) is 0. The average Bonchev–Trinajstić information content (AvgIpc) is 2.64. The van der Waals surface area contributed by atoms with Crippen LogP contribution in [0.4, 0.5) is 5.13 Å². The summed E-state index contributed by atoms with van der Waals surface area (Å²) < 4.78 is 0. The molecule has 0 aliphatic carbocycles. The second-order valence-corrected chi connectivity index (χ2v) is 5.50. The van der Waals surface area contributed by atoms with E-state index in [1.165, 1.54) is 21.6 Å². The van der Waals surface area contributed by atoms with Crippen LogP contribution in [0.25, 0.3) is 0 Å². The molecule has 90 valence electrons. The van der Waals surface area contributed by atoms with Gasteiger partial charge in [-0.2, -0.15) is 0 Å². The predicted molar refractivity (Wildman–Crippen MR) is 74.6 cm³/mol. The van der Waals surface area contributed by atoms with Crippen molar-refractivity contribution in [1.82, 2.24) is 4.98 Å². The third kappa shape index (κ3) is 2.67. The molecule has 0 saturated carbocycles. The molecule has 2 nitrogen and oxygen atoms in total. The summed E-state index contributed by atoms with van der Waals surface area (Å²) in [5.41, 5.74) is 11.0. The largest absolute Gasteiger partial charge is 0.375 e. The second kappa shape index (κ2) is 4.88. The van der Waals surface area contributed by atoms with Gasteiger partial charge in [0.05, 0.1) is 5.69 Å². The number of thiazole rings is 1. The highest BCUT2D eigenvalue weighted by atomic mass is 32.1. The Bertz CT molecular complexity index is 529. The molecule has 1 aromatic carbocycles. The van der Waals surface area contributed by atoms with Gasteiger partial charge in [-0.15, -0.1) is 11.3 Å². The van der Waals surface area contributed by atoms with Crippen molar-refractivity contribution in [3.8, 4) is 0 Å². The van der Waals surface area contributed by atoms with Crippen LogP contribution in [-0.4, -0.2) is 4.98 Å². The Morgan fingerprint density at radius 2 is 2.06 bits per heavy atom. The van der Waals surface area contributed by atoms with Gasteiger partial charge >= 0.3 is 0 Å². The molecule has 0 radical (unpaired) electrons. The minimum absolute atomic E-state index is 0.683. The molecule has 0 atom stereocenters. The van der Waals surface area contributed by atoms with Crippen molar-refractivity contribution in [2.75, 3.05) is 5.73 Å². The number of hydrogen-bond acceptors (Lipinski definition) is 3. The van der Waals surface area contributed by atoms with Crippen molar-refractivity contribution in [2.24, 2.45) is 0 Å². The standard InChI is InChI=1S/C14H18N2S/c1-4-12-13(17-14(15)16-12)8-11-7-9(2)5-6-10(11)3/h5-7H,4,8H2,1-3H3,(H2,15,16). The third-order valence-electron chi connectivity index (χ3n) is 2.99. The van der Waals surface area contributed by atoms with Crippen LogP contribution in [-0.2, 0) is 12.8 Å². The number of rotatable bonds is 3. The van der Waals surface area contributed by atoms with Gasteiger partial charge in [-0.25, -0.2) is 4.98 Å². The Balaban J connectivity index is 2.33. The van der Waals surface area contributed by atoms with E-state index in [4.69, 9.17) is 5.73 Å². The summed E-state index contributed by atoms with van der Waals surface area (Å²) in [5, 5.41) is 0.683. The number of nitrogen functional groups attached to an aromatic ring is 1. The maximum Gasteiger partial charge on any atom is 0.180 e. The number of benzene rings is 1. The number of anilines is 1. The first kappa shape index (κ1) is 12.1. The summed E-state index contributed by atoms with van der Waals surface area (Å²) >= 11 is 1.62. The molecular formula is C14H18N2S. The molecule has 0 amide bonds. The Morgan fingerprint density at radius 1 is 1.29 bits per heavy atom. The van der Waals surface area contributed by atoms with Gasteiger partial charge in [-0.1, -0.05) is 30.7 Å². The van der Waals surface area contributed by atoms with Crippen molar-refractivity contribution in [3.05, 3.63) is 45.5 Å². The zero-order valence-electron chi connectivity index (χ0n) is 10.6. The number of aryl methyl sites for hydroxylation is 3. The van der Waals surface area contributed by atoms with E-state index < -0.39 is 0 Å². The topological polar surface area (TPSA) is 38.9 Å². The van der Waals surface area contributed by atoms with Crippen molar-refractivity contribution in [3.63, 3.8) is 0 Å². The van der Waals surface area contributed by atoms with Gasteiger partial charge in [0, 0.05) is 11.3 Å². The molecule has 3 heteroatoms. The van der Waals surface area contributed by atoms with Gasteiger partial charge in [0.25, 0.3) is 0 Å². The molecule has 0 bridgehead atoms. The van der Waals surface area contributed by atoms with E-state index in [2.05, 4.69) is 44.0 Å². The second-order valence-electron chi connectivity index (χ2n) is 4.38. The molecule has 2 rings (SSSR count). The highest BCUT2D eigenvalue weighted by Crippen LogP contribution is 2.25. The normalized spacial score (nSPS) is 10.8. The van der Waals surface area contributed by atoms with Gasteiger partial charge in [-0.3, -0.25) is 0 Å². The number of nitrogens with zero attached hydrogens (tertiary/aromatic N) is 1. The fourth-order valence-electron chi connectivity index (χ4n) is 1.98. The minimum atomic E-state index is 0.683. The van der Waals surface area contributed by atoms with Crippen LogP contribution in [0.15, 0.2) is 18.2 Å². The molecule has 2 aromatic rings. The number of aromatic nitrogens is 1. The van der Waals surface area contributed by atoms with E-state index in [9.17, 15) is 0 Å². The van der Waals surface area contributed by atoms with Crippen LogP contribution in [0.2, 0.25) is 0 Å². The van der Waals surface area contributed by atoms with Crippen molar-refractivity contribution >= 4 is 16.5 Å². The van der Waals surface area contributed by atoms with Gasteiger partial charge in [-0.05, 0) is 31.4 Å². The van der Waals surface area contributed by atoms with Crippen LogP contribution in [0.3, 0.4) is 0 Å². The Hall–Kier alpha value is -1.35. The fourth-order valence-corrected chi connectivity index (χ4v) is 2.93. The molecule has 0 aliphatic rings. The lowest BCUT2D eigenvalue weighted by Gasteiger charge is -2.06. The first-order valence-electron chi connectivity index (χ1n) is 5.90. The summed E-state index contributed by atoms with van der Waals surface area (Å²) in [7, 11) is 0. The average molecular weight is 246 g/mol. The van der Waals surface area contributed by atoms with E-state index in [1.54, 1.807) is 11.3 Å². The lowest BCUT2D eigenvalue weighted by molar-refractivity contribution is 1.02. The van der Waals surface area contributed by atoms with Crippen LogP contribution in [0, 0.1) is 13.8 Å². The first-order chi connectivity index (χ1) is 8.10. The van der Waals surface area contributed by atoms with Crippen LogP contribution < -0.4 is 5.73 Å². The highest BCUT2D eigenvalue weighted by molar-refractivity contribution is 7.15. The quantitative estimate of drug-likeness (QED) is 0.900. The van der Waals surface area contributed by atoms with Crippen LogP contribution in [0.5, 0.6) is 0 Å². The van der Waals surface area contributed by atoms with Crippen molar-refractivity contribution in [1.29, 1.82) is 0 Å². The summed E-state index contributed by atoms with van der Waals surface area (Å²) in [6.07, 6.45) is 1.90. The maximum atomic E-state index is 5.78. The minimum Gasteiger partial charge on any atom is -0.375 e. The zero-order valence-corrected chi connectivity index (χ0v) is 11.4. The number of hydrogen-bond donors (Lipinski definition) is 1. The lowest BCUT2D eigenvalue weighted by atomic mass is 10.0. The van der Waals surface area contributed by atoms with Gasteiger partial charge in [0.1, 0.15) is 0 Å². The summed E-state index contributed by atoms with van der Waals surface area (Å²) in [6, 6.07) is 6.59. The Labute approximate surface area is 107 Å². The third-order valence-corrected chi connectivity index (χ3v) is 3.91. The van der Waals surface area contributed by atoms with Crippen molar-refractivity contribution in [2.45, 2.75) is 33.6 Å². The predicted octanol–water partition coefficient (Wildman–Crippen LogP) is 3.50. The Kier molecular flexibility index (Phi) is 3.48. The molecule has 1 heterocycles. The summed E-state index contributed by atoms with van der Waals surface area (Å²) in [4.78, 5) is 5.68. The van der Waals surface area contributed by atoms with E-state index in [1.807, 2.05) is 0 Å². The summed E-state index contributed by atoms with van der Waals surface area (Å²) in [6.45, 7) is 6.41. The van der Waals surface area contributed by atoms with E-state index >= 15 is 0 Å². The van der Waals surface area contributed by atoms with E-state index in [-0.39, 0.29) is 0 Å². The van der Waals surface area contributed by atoms with Crippen LogP contribution >= 0.6 is 11.3 Å². The molecule has 0 saturated heterocycles. The van der Waals surface area contributed by atoms with Crippen LogP contribution in [0.1, 0.15) is 34.2 Å². The molecule has 0 fully saturated rings. The number of nitrogens with two attached hydrogens (primary N) is 1. The molecule has 2 N–H and O–H groups in total.